The predicted octanol–water partition coefficient (Wildman–Crippen LogP) is 3.57. The lowest BCUT2D eigenvalue weighted by Gasteiger charge is -2.36. The molecular formula is C10H16BrNS. The van der Waals surface area contributed by atoms with Gasteiger partial charge in [-0.05, 0) is 54.2 Å². The summed E-state index contributed by atoms with van der Waals surface area (Å²) in [5.41, 5.74) is 1.31. The van der Waals surface area contributed by atoms with Gasteiger partial charge >= 0.3 is 0 Å². The van der Waals surface area contributed by atoms with E-state index in [9.17, 15) is 0 Å². The van der Waals surface area contributed by atoms with E-state index in [0.29, 0.717) is 0 Å². The molecule has 1 atom stereocenters. The Labute approximate surface area is 89.8 Å². The van der Waals surface area contributed by atoms with E-state index in [2.05, 4.69) is 70.7 Å². The van der Waals surface area contributed by atoms with Crippen molar-refractivity contribution in [2.24, 2.45) is 0 Å². The molecule has 3 heteroatoms. The van der Waals surface area contributed by atoms with Crippen LogP contribution in [0.4, 0.5) is 0 Å². The van der Waals surface area contributed by atoms with Gasteiger partial charge in [-0.25, -0.2) is 0 Å². The minimum absolute atomic E-state index is 0.948. The Bertz CT molecular complexity index is 279. The van der Waals surface area contributed by atoms with Crippen LogP contribution in [0.25, 0.3) is 0 Å². The third kappa shape index (κ3) is 2.48. The molecule has 0 bridgehead atoms. The summed E-state index contributed by atoms with van der Waals surface area (Å²) in [6.45, 7) is 2.11. The van der Waals surface area contributed by atoms with Gasteiger partial charge in [0.1, 0.15) is 0 Å². The minimum atomic E-state index is -0.948. The molecule has 0 amide bonds. The number of benzene rings is 1. The molecule has 1 aromatic carbocycles. The average Bonchev–Trinajstić information content (AvgIpc) is 2.04. The first-order valence-electron chi connectivity index (χ1n) is 4.17. The Kier molecular flexibility index (Phi) is 3.44. The van der Waals surface area contributed by atoms with Crippen LogP contribution in [0.3, 0.4) is 0 Å². The van der Waals surface area contributed by atoms with Crippen LogP contribution in [0.15, 0.2) is 29.2 Å². The van der Waals surface area contributed by atoms with Crippen molar-refractivity contribution >= 4 is 23.5 Å². The van der Waals surface area contributed by atoms with Crippen molar-refractivity contribution in [3.8, 4) is 0 Å². The van der Waals surface area contributed by atoms with Gasteiger partial charge < -0.3 is 0 Å². The van der Waals surface area contributed by atoms with Crippen molar-refractivity contribution < 1.29 is 0 Å². The smallest absolute Gasteiger partial charge is 0.0121 e. The van der Waals surface area contributed by atoms with Gasteiger partial charge in [0, 0.05) is 4.90 Å². The Balaban J connectivity index is 3.01. The molecule has 0 saturated carbocycles. The molecule has 1 unspecified atom stereocenters. The number of nitrogens with zero attached hydrogens (tertiary/aromatic N) is 1. The Morgan fingerprint density at radius 1 is 1.15 bits per heavy atom. The maximum atomic E-state index is 3.79. The summed E-state index contributed by atoms with van der Waals surface area (Å²) >= 11 is 3.79. The molecule has 0 heterocycles. The van der Waals surface area contributed by atoms with Crippen LogP contribution >= 0.6 is 23.5 Å². The molecule has 1 rings (SSSR count). The largest absolute Gasteiger partial charge is 0.261 e. The highest BCUT2D eigenvalue weighted by molar-refractivity contribution is 9.57. The van der Waals surface area contributed by atoms with Crippen LogP contribution in [0.1, 0.15) is 5.56 Å². The van der Waals surface area contributed by atoms with Gasteiger partial charge in [0.05, 0.1) is 0 Å². The summed E-state index contributed by atoms with van der Waals surface area (Å²) in [5.74, 6) is 0. The molecule has 0 spiro atoms. The summed E-state index contributed by atoms with van der Waals surface area (Å²) < 4.78 is 2.23. The van der Waals surface area contributed by atoms with Gasteiger partial charge in [-0.15, -0.1) is 8.65 Å². The summed E-state index contributed by atoms with van der Waals surface area (Å²) in [4.78, 5) is 1.36. The van der Waals surface area contributed by atoms with Crippen molar-refractivity contribution in [2.75, 3.05) is 20.4 Å². The second kappa shape index (κ2) is 4.03. The summed E-state index contributed by atoms with van der Waals surface area (Å²) in [6.07, 6.45) is 2.23. The van der Waals surface area contributed by atoms with Gasteiger partial charge in [-0.1, -0.05) is 17.7 Å². The molecule has 0 saturated heterocycles. The Morgan fingerprint density at radius 3 is 2.00 bits per heavy atom. The highest BCUT2D eigenvalue weighted by Gasteiger charge is 2.18. The fraction of sp³-hybridized carbons (Fsp3) is 0.400. The van der Waals surface area contributed by atoms with Crippen LogP contribution in [-0.2, 0) is 0 Å². The molecule has 1 nitrogen and oxygen atoms in total. The summed E-state index contributed by atoms with van der Waals surface area (Å²) in [7, 11) is 3.25. The lowest BCUT2D eigenvalue weighted by Crippen LogP contribution is -2.13. The first kappa shape index (κ1) is 11.1. The van der Waals surface area contributed by atoms with Gasteiger partial charge in [0.2, 0.25) is 0 Å². The third-order valence-electron chi connectivity index (χ3n) is 2.14. The second-order valence-corrected chi connectivity index (χ2v) is 9.94. The van der Waals surface area contributed by atoms with E-state index in [1.807, 2.05) is 0 Å². The number of rotatable bonds is 2. The van der Waals surface area contributed by atoms with Crippen molar-refractivity contribution in [1.29, 1.82) is 0 Å². The highest BCUT2D eigenvalue weighted by Crippen LogP contribution is 2.60. The quantitative estimate of drug-likeness (QED) is 0.787. The van der Waals surface area contributed by atoms with Gasteiger partial charge in [0.15, 0.2) is 0 Å². The van der Waals surface area contributed by atoms with Crippen LogP contribution < -0.4 is 0 Å². The molecule has 0 N–H and O–H groups in total. The van der Waals surface area contributed by atoms with Gasteiger partial charge in [-0.2, -0.15) is 0 Å². The Hall–Kier alpha value is 0.01000. The van der Waals surface area contributed by atoms with E-state index in [0.717, 1.165) is 0 Å². The van der Waals surface area contributed by atoms with Crippen LogP contribution in [0.5, 0.6) is 0 Å². The lowest BCUT2D eigenvalue weighted by atomic mass is 10.2. The topological polar surface area (TPSA) is 3.24 Å². The minimum Gasteiger partial charge on any atom is -0.261 e. The van der Waals surface area contributed by atoms with E-state index < -0.39 is 8.65 Å². The highest BCUT2D eigenvalue weighted by atomic mass is 79.9. The second-order valence-electron chi connectivity index (χ2n) is 3.40. The zero-order valence-corrected chi connectivity index (χ0v) is 10.9. The van der Waals surface area contributed by atoms with Crippen LogP contribution in [-0.4, -0.2) is 24.7 Å². The molecule has 0 aliphatic rings. The van der Waals surface area contributed by atoms with Crippen LogP contribution in [0, 0.1) is 6.92 Å². The molecule has 0 aromatic heterocycles. The van der Waals surface area contributed by atoms with Crippen molar-refractivity contribution in [3.63, 3.8) is 0 Å². The molecule has 74 valence electrons. The maximum absolute atomic E-state index is 3.79. The summed E-state index contributed by atoms with van der Waals surface area (Å²) in [6, 6.07) is 8.70. The molecule has 0 aliphatic carbocycles. The van der Waals surface area contributed by atoms with Crippen LogP contribution in [0.2, 0.25) is 0 Å². The van der Waals surface area contributed by atoms with E-state index in [1.165, 1.54) is 10.5 Å². The fourth-order valence-corrected chi connectivity index (χ4v) is 2.70. The summed E-state index contributed by atoms with van der Waals surface area (Å²) in [5, 5.41) is 0. The molecule has 0 radical (unpaired) electrons. The number of aryl methyl sites for hydroxylation is 1. The van der Waals surface area contributed by atoms with E-state index in [1.54, 1.807) is 0 Å². The van der Waals surface area contributed by atoms with E-state index in [4.69, 9.17) is 0 Å². The van der Waals surface area contributed by atoms with Gasteiger partial charge in [0.25, 0.3) is 0 Å². The predicted molar refractivity (Wildman–Crippen MR) is 65.6 cm³/mol. The SMILES string of the molecule is Cc1ccc(S(C)(Br)N(C)C)cc1. The normalized spacial score (nSPS) is 18.3. The van der Waals surface area contributed by atoms with Gasteiger partial charge in [-0.3, -0.25) is 4.31 Å². The monoisotopic (exact) mass is 261 g/mol. The molecule has 0 aliphatic heterocycles. The first-order chi connectivity index (χ1) is 5.94. The number of hydrogen-bond acceptors (Lipinski definition) is 1. The third-order valence-corrected chi connectivity index (χ3v) is 7.50. The Morgan fingerprint density at radius 2 is 1.62 bits per heavy atom. The van der Waals surface area contributed by atoms with Crippen molar-refractivity contribution in [1.82, 2.24) is 4.31 Å². The maximum Gasteiger partial charge on any atom is 0.0121 e. The van der Waals surface area contributed by atoms with E-state index >= 15 is 0 Å². The molecule has 13 heavy (non-hydrogen) atoms. The van der Waals surface area contributed by atoms with E-state index in [-0.39, 0.29) is 0 Å². The average molecular weight is 262 g/mol. The fourth-order valence-electron chi connectivity index (χ4n) is 0.997. The van der Waals surface area contributed by atoms with Crippen molar-refractivity contribution in [3.05, 3.63) is 29.8 Å². The molecule has 0 fully saturated rings. The number of halogens is 1. The standard InChI is InChI=1S/C10H16BrNS/c1-9-5-7-10(8-6-9)13(4,11)12(2)3/h5-8H,1-4H3. The lowest BCUT2D eigenvalue weighted by molar-refractivity contribution is 0.691. The molecule has 1 aromatic rings. The number of hydrogen-bond donors (Lipinski definition) is 0. The molecular weight excluding hydrogens is 246 g/mol. The first-order valence-corrected chi connectivity index (χ1v) is 8.01. The van der Waals surface area contributed by atoms with Crippen molar-refractivity contribution in [2.45, 2.75) is 11.8 Å². The zero-order chi connectivity index (χ0) is 10.1. The zero-order valence-electron chi connectivity index (χ0n) is 8.54.